The van der Waals surface area contributed by atoms with Crippen molar-refractivity contribution < 1.29 is 18.3 Å². The predicted molar refractivity (Wildman–Crippen MR) is 98.4 cm³/mol. The zero-order chi connectivity index (χ0) is 19.4. The van der Waals surface area contributed by atoms with Gasteiger partial charge in [0.1, 0.15) is 5.60 Å². The molecule has 3 aliphatic rings. The van der Waals surface area contributed by atoms with Crippen molar-refractivity contribution in [1.82, 2.24) is 14.7 Å². The van der Waals surface area contributed by atoms with Gasteiger partial charge in [-0.2, -0.15) is 5.10 Å². The molecule has 0 unspecified atom stereocenters. The maximum absolute atomic E-state index is 13.1. The number of carbonyl (C=O) groups excluding carboxylic acids is 1. The lowest BCUT2D eigenvalue weighted by molar-refractivity contribution is -0.166. The molecule has 1 spiro atoms. The van der Waals surface area contributed by atoms with Gasteiger partial charge in [-0.25, -0.2) is 13.5 Å². The second-order valence-electron chi connectivity index (χ2n) is 8.16. The van der Waals surface area contributed by atoms with Crippen LogP contribution in [-0.2, 0) is 21.6 Å². The molecule has 3 heterocycles. The van der Waals surface area contributed by atoms with Gasteiger partial charge in [-0.05, 0) is 37.0 Å². The first-order valence-electron chi connectivity index (χ1n) is 9.91. The summed E-state index contributed by atoms with van der Waals surface area (Å²) in [4.78, 5) is 14.2. The number of nitrogens with zero attached hydrogens (tertiary/aromatic N) is 3. The normalized spacial score (nSPS) is 23.3. The van der Waals surface area contributed by atoms with Crippen molar-refractivity contribution >= 4 is 5.91 Å². The van der Waals surface area contributed by atoms with Crippen LogP contribution in [0.2, 0.25) is 0 Å². The van der Waals surface area contributed by atoms with E-state index in [1.165, 1.54) is 5.56 Å². The molecule has 0 bridgehead atoms. The highest BCUT2D eigenvalue weighted by molar-refractivity contribution is 5.80. The molecular weight excluding hydrogens is 364 g/mol. The van der Waals surface area contributed by atoms with Crippen molar-refractivity contribution in [2.45, 2.75) is 43.6 Å². The lowest BCUT2D eigenvalue weighted by atomic mass is 9.79. The molecule has 1 aromatic carbocycles. The average molecular weight is 387 g/mol. The van der Waals surface area contributed by atoms with E-state index in [-0.39, 0.29) is 18.7 Å². The van der Waals surface area contributed by atoms with Gasteiger partial charge in [0, 0.05) is 38.0 Å². The van der Waals surface area contributed by atoms with Crippen molar-refractivity contribution in [2.24, 2.45) is 5.92 Å². The fourth-order valence-electron chi connectivity index (χ4n) is 4.68. The smallest absolute Gasteiger partial charge is 0.249 e. The summed E-state index contributed by atoms with van der Waals surface area (Å²) in [5.41, 5.74) is 2.68. The van der Waals surface area contributed by atoms with Crippen molar-refractivity contribution in [3.8, 4) is 5.69 Å². The molecule has 0 atom stereocenters. The monoisotopic (exact) mass is 387 g/mol. The van der Waals surface area contributed by atoms with Crippen LogP contribution in [0.1, 0.15) is 36.9 Å². The molecule has 0 radical (unpaired) electrons. The van der Waals surface area contributed by atoms with E-state index in [0.717, 1.165) is 17.8 Å². The third kappa shape index (κ3) is 2.92. The predicted octanol–water partition coefficient (Wildman–Crippen LogP) is 3.31. The summed E-state index contributed by atoms with van der Waals surface area (Å²) in [6.45, 7) is 1.69. The van der Waals surface area contributed by atoms with Gasteiger partial charge in [0.25, 0.3) is 0 Å². The van der Waals surface area contributed by atoms with E-state index in [0.29, 0.717) is 32.5 Å². The lowest BCUT2D eigenvalue weighted by Crippen LogP contribution is -2.52. The number of piperidine rings is 1. The summed E-state index contributed by atoms with van der Waals surface area (Å²) in [5.74, 6) is -3.32. The maximum atomic E-state index is 13.1. The molecule has 5 rings (SSSR count). The number of likely N-dealkylation sites (tertiary alicyclic amines) is 1. The maximum Gasteiger partial charge on any atom is 0.249 e. The molecule has 2 fully saturated rings. The molecule has 1 saturated heterocycles. The van der Waals surface area contributed by atoms with Crippen LogP contribution in [0.4, 0.5) is 8.78 Å². The van der Waals surface area contributed by atoms with Gasteiger partial charge in [-0.3, -0.25) is 4.79 Å². The first kappa shape index (κ1) is 17.8. The number of aromatic nitrogens is 2. The van der Waals surface area contributed by atoms with Crippen molar-refractivity contribution in [3.05, 3.63) is 47.8 Å². The average Bonchev–Trinajstić information content (AvgIpc) is 3.13. The fourth-order valence-corrected chi connectivity index (χ4v) is 4.68. The molecule has 1 saturated carbocycles. The number of hydrogen-bond acceptors (Lipinski definition) is 3. The Hall–Kier alpha value is -2.28. The first-order chi connectivity index (χ1) is 13.5. The third-order valence-corrected chi connectivity index (χ3v) is 6.31. The summed E-state index contributed by atoms with van der Waals surface area (Å²) in [6, 6.07) is 9.97. The number of fused-ring (bicyclic) bond motifs is 2. The summed E-state index contributed by atoms with van der Waals surface area (Å²) >= 11 is 0. The lowest BCUT2D eigenvalue weighted by Gasteiger charge is -2.45. The molecule has 1 aliphatic carbocycles. The van der Waals surface area contributed by atoms with Gasteiger partial charge in [0.15, 0.2) is 0 Å². The number of benzene rings is 1. The van der Waals surface area contributed by atoms with Crippen molar-refractivity contribution in [1.29, 1.82) is 0 Å². The highest BCUT2D eigenvalue weighted by Gasteiger charge is 2.51. The van der Waals surface area contributed by atoms with E-state index in [1.54, 1.807) is 4.90 Å². The summed E-state index contributed by atoms with van der Waals surface area (Å²) < 4.78 is 34.3. The Morgan fingerprint density at radius 1 is 1.14 bits per heavy atom. The minimum Gasteiger partial charge on any atom is -0.368 e. The van der Waals surface area contributed by atoms with Gasteiger partial charge in [-0.1, -0.05) is 18.2 Å². The number of halogens is 2. The van der Waals surface area contributed by atoms with Crippen LogP contribution >= 0.6 is 0 Å². The Morgan fingerprint density at radius 2 is 1.86 bits per heavy atom. The van der Waals surface area contributed by atoms with E-state index in [9.17, 15) is 13.6 Å². The Balaban J connectivity index is 1.33. The highest BCUT2D eigenvalue weighted by Crippen LogP contribution is 2.45. The number of rotatable bonds is 2. The molecule has 1 amide bonds. The molecular formula is C21H23F2N3O2. The number of carbonyl (C=O) groups is 1. The third-order valence-electron chi connectivity index (χ3n) is 6.31. The van der Waals surface area contributed by atoms with Gasteiger partial charge in [0.05, 0.1) is 18.0 Å². The van der Waals surface area contributed by atoms with Crippen LogP contribution in [0.3, 0.4) is 0 Å². The van der Waals surface area contributed by atoms with Crippen molar-refractivity contribution in [3.63, 3.8) is 0 Å². The van der Waals surface area contributed by atoms with E-state index in [4.69, 9.17) is 9.84 Å². The largest absolute Gasteiger partial charge is 0.368 e. The summed E-state index contributed by atoms with van der Waals surface area (Å²) in [7, 11) is 0. The SMILES string of the molecule is O=C(C1CC(F)(F)C1)N1CCC2(CC1)OCCc1cn(-c3ccccc3)nc12. The topological polar surface area (TPSA) is 47.4 Å². The number of para-hydroxylation sites is 1. The fraction of sp³-hybridized carbons (Fsp3) is 0.524. The molecule has 5 nitrogen and oxygen atoms in total. The van der Waals surface area contributed by atoms with Crippen LogP contribution < -0.4 is 0 Å². The Bertz CT molecular complexity index is 880. The van der Waals surface area contributed by atoms with Crippen LogP contribution in [-0.4, -0.2) is 46.2 Å². The molecule has 2 aromatic rings. The Labute approximate surface area is 162 Å². The van der Waals surface area contributed by atoms with E-state index < -0.39 is 17.4 Å². The van der Waals surface area contributed by atoms with E-state index in [2.05, 4.69) is 6.20 Å². The van der Waals surface area contributed by atoms with Crippen LogP contribution in [0, 0.1) is 5.92 Å². The molecule has 0 N–H and O–H groups in total. The Kier molecular flexibility index (Phi) is 4.05. The second-order valence-corrected chi connectivity index (χ2v) is 8.16. The number of alkyl halides is 2. The minimum absolute atomic E-state index is 0.133. The number of hydrogen-bond donors (Lipinski definition) is 0. The van der Waals surface area contributed by atoms with Gasteiger partial charge >= 0.3 is 0 Å². The summed E-state index contributed by atoms with van der Waals surface area (Å²) in [5, 5.41) is 4.84. The molecule has 148 valence electrons. The van der Waals surface area contributed by atoms with E-state index >= 15 is 0 Å². The number of ether oxygens (including phenoxy) is 1. The first-order valence-corrected chi connectivity index (χ1v) is 9.91. The number of amides is 1. The Morgan fingerprint density at radius 3 is 2.54 bits per heavy atom. The van der Waals surface area contributed by atoms with Crippen LogP contribution in [0.25, 0.3) is 5.69 Å². The minimum atomic E-state index is -2.66. The van der Waals surface area contributed by atoms with E-state index in [1.807, 2.05) is 35.0 Å². The standard InChI is InChI=1S/C21H23F2N3O2/c22-21(23)12-16(13-21)19(27)25-9-7-20(8-10-25)18-15(6-11-28-20)14-26(24-18)17-4-2-1-3-5-17/h1-5,14,16H,6-13H2. The van der Waals surface area contributed by atoms with Gasteiger partial charge in [0.2, 0.25) is 11.8 Å². The summed E-state index contributed by atoms with van der Waals surface area (Å²) in [6.07, 6.45) is 3.58. The molecule has 1 aromatic heterocycles. The second kappa shape index (κ2) is 6.37. The molecule has 28 heavy (non-hydrogen) atoms. The molecule has 7 heteroatoms. The zero-order valence-electron chi connectivity index (χ0n) is 15.6. The zero-order valence-corrected chi connectivity index (χ0v) is 15.6. The van der Waals surface area contributed by atoms with Crippen LogP contribution in [0.15, 0.2) is 36.5 Å². The highest BCUT2D eigenvalue weighted by atomic mass is 19.3. The van der Waals surface area contributed by atoms with Crippen LogP contribution in [0.5, 0.6) is 0 Å². The van der Waals surface area contributed by atoms with Crippen molar-refractivity contribution in [2.75, 3.05) is 19.7 Å². The molecule has 2 aliphatic heterocycles. The van der Waals surface area contributed by atoms with Gasteiger partial charge < -0.3 is 9.64 Å². The van der Waals surface area contributed by atoms with Gasteiger partial charge in [-0.15, -0.1) is 0 Å². The quantitative estimate of drug-likeness (QED) is 0.794.